The first-order valence-corrected chi connectivity index (χ1v) is 9.72. The van der Waals surface area contributed by atoms with Crippen LogP contribution in [0.15, 0.2) is 42.5 Å². The van der Waals surface area contributed by atoms with Crippen molar-refractivity contribution in [3.63, 3.8) is 0 Å². The van der Waals surface area contributed by atoms with E-state index in [1.165, 1.54) is 4.31 Å². The van der Waals surface area contributed by atoms with Crippen molar-refractivity contribution in [3.05, 3.63) is 53.6 Å². The lowest BCUT2D eigenvalue weighted by Crippen LogP contribution is -2.48. The normalized spacial score (nSPS) is 16.8. The van der Waals surface area contributed by atoms with Crippen LogP contribution in [0.5, 0.6) is 5.75 Å². The van der Waals surface area contributed by atoms with Gasteiger partial charge in [0, 0.05) is 5.69 Å². The number of carbonyl (C=O) groups excluding carboxylic acids is 1. The number of carbonyl (C=O) groups is 1. The molecule has 132 valence electrons. The maximum absolute atomic E-state index is 12.7. The molecule has 2 aromatic carbocycles. The Bertz CT molecular complexity index is 904. The van der Waals surface area contributed by atoms with E-state index in [1.54, 1.807) is 24.3 Å². The molecule has 0 fully saturated rings. The molecular weight excluding hydrogens is 340 g/mol. The molecule has 0 aromatic heterocycles. The SMILES string of the molecule is Cc1cccc(C)c1NC(=O)[C@H]1CN(S(C)(=O)=O)c2ccccc2O1. The molecule has 1 heterocycles. The highest BCUT2D eigenvalue weighted by atomic mass is 32.2. The summed E-state index contributed by atoms with van der Waals surface area (Å²) >= 11 is 0. The number of nitrogens with one attached hydrogen (secondary N) is 1. The maximum atomic E-state index is 12.7. The fraction of sp³-hybridized carbons (Fsp3) is 0.278. The number of sulfonamides is 1. The molecule has 0 unspecified atom stereocenters. The number of benzene rings is 2. The summed E-state index contributed by atoms with van der Waals surface area (Å²) in [5.41, 5.74) is 3.04. The highest BCUT2D eigenvalue weighted by Crippen LogP contribution is 2.35. The molecule has 3 rings (SSSR count). The zero-order valence-corrected chi connectivity index (χ0v) is 15.1. The highest BCUT2D eigenvalue weighted by Gasteiger charge is 2.35. The Morgan fingerprint density at radius 2 is 1.76 bits per heavy atom. The predicted octanol–water partition coefficient (Wildman–Crippen LogP) is 2.47. The van der Waals surface area contributed by atoms with Crippen LogP contribution in [0.25, 0.3) is 0 Å². The Kier molecular flexibility index (Phi) is 4.43. The van der Waals surface area contributed by atoms with Gasteiger partial charge in [-0.3, -0.25) is 9.10 Å². The predicted molar refractivity (Wildman–Crippen MR) is 97.6 cm³/mol. The van der Waals surface area contributed by atoms with E-state index in [9.17, 15) is 13.2 Å². The van der Waals surface area contributed by atoms with Gasteiger partial charge in [-0.2, -0.15) is 0 Å². The maximum Gasteiger partial charge on any atom is 0.267 e. The fourth-order valence-corrected chi connectivity index (χ4v) is 3.78. The number of fused-ring (bicyclic) bond motifs is 1. The molecule has 2 aromatic rings. The van der Waals surface area contributed by atoms with Gasteiger partial charge in [-0.25, -0.2) is 8.42 Å². The van der Waals surface area contributed by atoms with Crippen molar-refractivity contribution in [1.82, 2.24) is 0 Å². The molecule has 0 saturated heterocycles. The van der Waals surface area contributed by atoms with Crippen molar-refractivity contribution >= 4 is 27.3 Å². The van der Waals surface area contributed by atoms with Gasteiger partial charge in [0.1, 0.15) is 5.75 Å². The van der Waals surface area contributed by atoms with Gasteiger partial charge < -0.3 is 10.1 Å². The number of rotatable bonds is 3. The van der Waals surface area contributed by atoms with Crippen LogP contribution >= 0.6 is 0 Å². The lowest BCUT2D eigenvalue weighted by molar-refractivity contribution is -0.122. The zero-order chi connectivity index (χ0) is 18.2. The van der Waals surface area contributed by atoms with Crippen molar-refractivity contribution in [2.75, 3.05) is 22.4 Å². The van der Waals surface area contributed by atoms with Gasteiger partial charge in [0.05, 0.1) is 18.5 Å². The Labute approximate surface area is 147 Å². The monoisotopic (exact) mass is 360 g/mol. The van der Waals surface area contributed by atoms with Gasteiger partial charge in [-0.1, -0.05) is 30.3 Å². The van der Waals surface area contributed by atoms with Crippen LogP contribution in [0.4, 0.5) is 11.4 Å². The Balaban J connectivity index is 1.90. The molecular formula is C18H20N2O4S. The molecule has 1 N–H and O–H groups in total. The van der Waals surface area contributed by atoms with Crippen LogP contribution in [-0.4, -0.2) is 33.2 Å². The first kappa shape index (κ1) is 17.3. The summed E-state index contributed by atoms with van der Waals surface area (Å²) in [6.07, 6.45) is 0.193. The van der Waals surface area contributed by atoms with Gasteiger partial charge >= 0.3 is 0 Å². The lowest BCUT2D eigenvalue weighted by Gasteiger charge is -2.34. The highest BCUT2D eigenvalue weighted by molar-refractivity contribution is 7.92. The van der Waals surface area contributed by atoms with E-state index in [-0.39, 0.29) is 12.5 Å². The number of hydrogen-bond donors (Lipinski definition) is 1. The summed E-state index contributed by atoms with van der Waals surface area (Å²) in [5.74, 6) is 0.00128. The van der Waals surface area contributed by atoms with Crippen LogP contribution in [0.2, 0.25) is 0 Å². The first-order chi connectivity index (χ1) is 11.8. The third kappa shape index (κ3) is 3.46. The van der Waals surface area contributed by atoms with Crippen LogP contribution in [-0.2, 0) is 14.8 Å². The smallest absolute Gasteiger partial charge is 0.267 e. The van der Waals surface area contributed by atoms with Gasteiger partial charge in [0.2, 0.25) is 10.0 Å². The first-order valence-electron chi connectivity index (χ1n) is 7.88. The lowest BCUT2D eigenvalue weighted by atomic mass is 10.1. The van der Waals surface area contributed by atoms with Gasteiger partial charge in [-0.15, -0.1) is 0 Å². The number of para-hydroxylation sites is 3. The van der Waals surface area contributed by atoms with Gasteiger partial charge in [0.15, 0.2) is 6.10 Å². The second kappa shape index (κ2) is 6.40. The van der Waals surface area contributed by atoms with E-state index in [0.29, 0.717) is 11.4 Å². The van der Waals surface area contributed by atoms with Crippen LogP contribution in [0.3, 0.4) is 0 Å². The van der Waals surface area contributed by atoms with E-state index in [1.807, 2.05) is 32.0 Å². The van der Waals surface area contributed by atoms with Gasteiger partial charge in [0.25, 0.3) is 5.91 Å². The zero-order valence-electron chi connectivity index (χ0n) is 14.3. The number of aryl methyl sites for hydroxylation is 2. The molecule has 0 aliphatic carbocycles. The molecule has 0 bridgehead atoms. The second-order valence-corrected chi connectivity index (χ2v) is 8.03. The van der Waals surface area contributed by atoms with Crippen molar-refractivity contribution < 1.29 is 17.9 Å². The minimum Gasteiger partial charge on any atom is -0.476 e. The van der Waals surface area contributed by atoms with E-state index >= 15 is 0 Å². The third-order valence-corrected chi connectivity index (χ3v) is 5.30. The topological polar surface area (TPSA) is 75.7 Å². The summed E-state index contributed by atoms with van der Waals surface area (Å²) in [5, 5.41) is 2.87. The largest absolute Gasteiger partial charge is 0.476 e. The number of ether oxygens (including phenoxy) is 1. The van der Waals surface area contributed by atoms with Crippen LogP contribution in [0.1, 0.15) is 11.1 Å². The number of anilines is 2. The second-order valence-electron chi connectivity index (χ2n) is 6.12. The standard InChI is InChI=1S/C18H20N2O4S/c1-12-7-6-8-13(2)17(12)19-18(21)16-11-20(25(3,22)23)14-9-4-5-10-15(14)24-16/h4-10,16H,11H2,1-3H3,(H,19,21)/t16-/m1/s1. The van der Waals surface area contributed by atoms with Crippen molar-refractivity contribution in [3.8, 4) is 5.75 Å². The molecule has 7 heteroatoms. The van der Waals surface area contributed by atoms with Crippen molar-refractivity contribution in [2.24, 2.45) is 0 Å². The molecule has 1 amide bonds. The molecule has 6 nitrogen and oxygen atoms in total. The molecule has 0 radical (unpaired) electrons. The van der Waals surface area contributed by atoms with Gasteiger partial charge in [-0.05, 0) is 37.1 Å². The summed E-state index contributed by atoms with van der Waals surface area (Å²) in [6.45, 7) is 3.75. The fourth-order valence-electron chi connectivity index (χ4n) is 2.87. The van der Waals surface area contributed by atoms with Crippen molar-refractivity contribution in [1.29, 1.82) is 0 Å². The summed E-state index contributed by atoms with van der Waals surface area (Å²) in [7, 11) is -3.52. The minimum atomic E-state index is -3.52. The number of nitrogens with zero attached hydrogens (tertiary/aromatic N) is 1. The molecule has 25 heavy (non-hydrogen) atoms. The van der Waals surface area contributed by atoms with Crippen LogP contribution in [0, 0.1) is 13.8 Å². The molecule has 1 aliphatic rings. The third-order valence-electron chi connectivity index (χ3n) is 4.16. The molecule has 0 spiro atoms. The Hall–Kier alpha value is -2.54. The average molecular weight is 360 g/mol. The quantitative estimate of drug-likeness (QED) is 0.912. The molecule has 1 atom stereocenters. The summed E-state index contributed by atoms with van der Waals surface area (Å²) in [6, 6.07) is 12.5. The van der Waals surface area contributed by atoms with Crippen molar-refractivity contribution in [2.45, 2.75) is 20.0 Å². The Morgan fingerprint density at radius 3 is 2.40 bits per heavy atom. The number of hydrogen-bond acceptors (Lipinski definition) is 4. The minimum absolute atomic E-state index is 0.0629. The summed E-state index contributed by atoms with van der Waals surface area (Å²) in [4.78, 5) is 12.7. The number of amides is 1. The van der Waals surface area contributed by atoms with E-state index in [0.717, 1.165) is 23.1 Å². The molecule has 1 aliphatic heterocycles. The van der Waals surface area contributed by atoms with Crippen LogP contribution < -0.4 is 14.4 Å². The summed E-state index contributed by atoms with van der Waals surface area (Å²) < 4.78 is 31.2. The van der Waals surface area contributed by atoms with E-state index < -0.39 is 16.1 Å². The molecule has 0 saturated carbocycles. The average Bonchev–Trinajstić information content (AvgIpc) is 2.56. The van der Waals surface area contributed by atoms with E-state index in [4.69, 9.17) is 4.74 Å². The van der Waals surface area contributed by atoms with E-state index in [2.05, 4.69) is 5.32 Å². The Morgan fingerprint density at radius 1 is 1.12 bits per heavy atom.